The Morgan fingerprint density at radius 2 is 2.25 bits per heavy atom. The molecule has 2 aliphatic rings. The average Bonchev–Trinajstić information content (AvgIpc) is 2.87. The first-order valence-electron chi connectivity index (χ1n) is 7.79. The Morgan fingerprint density at radius 1 is 1.40 bits per heavy atom. The van der Waals surface area contributed by atoms with Crippen molar-refractivity contribution in [3.8, 4) is 5.75 Å². The van der Waals surface area contributed by atoms with Crippen LogP contribution in [0.15, 0.2) is 12.1 Å². The van der Waals surface area contributed by atoms with Crippen LogP contribution in [0, 0.1) is 5.92 Å². The molecule has 2 unspecified atom stereocenters. The van der Waals surface area contributed by atoms with Crippen molar-refractivity contribution in [3.05, 3.63) is 28.3 Å². The molecule has 1 aromatic rings. The van der Waals surface area contributed by atoms with Crippen LogP contribution < -0.4 is 4.74 Å². The van der Waals surface area contributed by atoms with Crippen molar-refractivity contribution in [1.29, 1.82) is 0 Å². The summed E-state index contributed by atoms with van der Waals surface area (Å²) in [4.78, 5) is 0. The van der Waals surface area contributed by atoms with Crippen LogP contribution >= 0.6 is 11.6 Å². The maximum Gasteiger partial charge on any atom is 0.126 e. The van der Waals surface area contributed by atoms with Gasteiger partial charge in [0.15, 0.2) is 0 Å². The summed E-state index contributed by atoms with van der Waals surface area (Å²) in [5.74, 6) is 1.37. The molecular formula is C17H23ClO2. The van der Waals surface area contributed by atoms with E-state index in [1.165, 1.54) is 12.0 Å². The number of fused-ring (bicyclic) bond motifs is 1. The zero-order valence-electron chi connectivity index (χ0n) is 12.1. The van der Waals surface area contributed by atoms with E-state index < -0.39 is 5.60 Å². The fourth-order valence-corrected chi connectivity index (χ4v) is 4.18. The van der Waals surface area contributed by atoms with E-state index in [2.05, 4.69) is 6.92 Å². The minimum absolute atomic E-state index is 0.396. The van der Waals surface area contributed by atoms with Crippen LogP contribution in [-0.4, -0.2) is 17.3 Å². The van der Waals surface area contributed by atoms with Crippen LogP contribution in [0.25, 0.3) is 0 Å². The first-order chi connectivity index (χ1) is 9.62. The summed E-state index contributed by atoms with van der Waals surface area (Å²) < 4.78 is 5.77. The molecule has 0 bridgehead atoms. The fourth-order valence-electron chi connectivity index (χ4n) is 3.92. The van der Waals surface area contributed by atoms with Crippen LogP contribution in [0.3, 0.4) is 0 Å². The largest absolute Gasteiger partial charge is 0.493 e. The van der Waals surface area contributed by atoms with E-state index in [0.29, 0.717) is 12.3 Å². The minimum Gasteiger partial charge on any atom is -0.493 e. The highest BCUT2D eigenvalue weighted by Gasteiger charge is 2.38. The van der Waals surface area contributed by atoms with Gasteiger partial charge in [0.1, 0.15) is 5.75 Å². The number of hydrogen-bond donors (Lipinski definition) is 1. The maximum absolute atomic E-state index is 11.1. The Bertz CT molecular complexity index is 500. The van der Waals surface area contributed by atoms with Crippen molar-refractivity contribution in [2.24, 2.45) is 5.92 Å². The van der Waals surface area contributed by atoms with Crippen LogP contribution in [0.1, 0.15) is 50.2 Å². The molecule has 0 spiro atoms. The summed E-state index contributed by atoms with van der Waals surface area (Å²) in [6.07, 6.45) is 7.04. The zero-order valence-corrected chi connectivity index (χ0v) is 12.9. The van der Waals surface area contributed by atoms with Gasteiger partial charge in [0, 0.05) is 17.9 Å². The van der Waals surface area contributed by atoms with Gasteiger partial charge in [-0.3, -0.25) is 0 Å². The third kappa shape index (κ3) is 2.56. The molecule has 0 amide bonds. The molecule has 3 heteroatoms. The molecule has 1 aromatic carbocycles. The van der Waals surface area contributed by atoms with Gasteiger partial charge in [-0.25, -0.2) is 0 Å². The highest BCUT2D eigenvalue weighted by atomic mass is 35.5. The van der Waals surface area contributed by atoms with Gasteiger partial charge in [-0.2, -0.15) is 0 Å². The standard InChI is InChI=1S/C17H23ClO2/c1-2-14-5-3-4-7-17(14,19)11-13-10-15(18)9-12-6-8-20-16(12)13/h9-10,14,19H,2-8,11H2,1H3. The van der Waals surface area contributed by atoms with Gasteiger partial charge in [-0.15, -0.1) is 0 Å². The Balaban J connectivity index is 1.90. The molecular weight excluding hydrogens is 272 g/mol. The van der Waals surface area contributed by atoms with Crippen LogP contribution in [0.2, 0.25) is 5.02 Å². The number of hydrogen-bond acceptors (Lipinski definition) is 2. The summed E-state index contributed by atoms with van der Waals surface area (Å²) in [6, 6.07) is 3.97. The summed E-state index contributed by atoms with van der Waals surface area (Å²) in [5, 5.41) is 11.9. The molecule has 2 nitrogen and oxygen atoms in total. The molecule has 2 atom stereocenters. The van der Waals surface area contributed by atoms with E-state index in [0.717, 1.165) is 55.0 Å². The summed E-state index contributed by atoms with van der Waals surface area (Å²) in [5.41, 5.74) is 1.70. The molecule has 1 aliphatic carbocycles. The third-order valence-corrected chi connectivity index (χ3v) is 5.21. The van der Waals surface area contributed by atoms with Gasteiger partial charge in [0.25, 0.3) is 0 Å². The second-order valence-corrected chi connectivity index (χ2v) is 6.72. The first-order valence-corrected chi connectivity index (χ1v) is 8.16. The molecule has 1 fully saturated rings. The topological polar surface area (TPSA) is 29.5 Å². The lowest BCUT2D eigenvalue weighted by Gasteiger charge is -2.40. The Morgan fingerprint density at radius 3 is 3.05 bits per heavy atom. The number of aliphatic hydroxyl groups is 1. The number of ether oxygens (including phenoxy) is 1. The minimum atomic E-state index is -0.586. The van der Waals surface area contributed by atoms with Crippen LogP contribution in [-0.2, 0) is 12.8 Å². The van der Waals surface area contributed by atoms with Crippen molar-refractivity contribution in [3.63, 3.8) is 0 Å². The van der Waals surface area contributed by atoms with E-state index >= 15 is 0 Å². The van der Waals surface area contributed by atoms with Gasteiger partial charge >= 0.3 is 0 Å². The smallest absolute Gasteiger partial charge is 0.126 e. The number of rotatable bonds is 3. The Labute approximate surface area is 126 Å². The number of halogens is 1. The van der Waals surface area contributed by atoms with E-state index in [4.69, 9.17) is 16.3 Å². The average molecular weight is 295 g/mol. The molecule has 3 rings (SSSR count). The molecule has 20 heavy (non-hydrogen) atoms. The molecule has 110 valence electrons. The summed E-state index contributed by atoms with van der Waals surface area (Å²) in [6.45, 7) is 2.91. The molecule has 0 aromatic heterocycles. The lowest BCUT2D eigenvalue weighted by molar-refractivity contribution is -0.0494. The quantitative estimate of drug-likeness (QED) is 0.907. The monoisotopic (exact) mass is 294 g/mol. The van der Waals surface area contributed by atoms with Crippen molar-refractivity contribution in [1.82, 2.24) is 0 Å². The molecule has 0 saturated heterocycles. The maximum atomic E-state index is 11.1. The predicted octanol–water partition coefficient (Wildman–Crippen LogP) is 4.15. The van der Waals surface area contributed by atoms with Gasteiger partial charge in [-0.05, 0) is 42.0 Å². The second kappa shape index (κ2) is 5.57. The SMILES string of the molecule is CCC1CCCCC1(O)Cc1cc(Cl)cc2c1OCC2. The van der Waals surface area contributed by atoms with Crippen molar-refractivity contribution < 1.29 is 9.84 Å². The highest BCUT2D eigenvalue weighted by Crippen LogP contribution is 2.42. The van der Waals surface area contributed by atoms with Crippen molar-refractivity contribution >= 4 is 11.6 Å². The lowest BCUT2D eigenvalue weighted by Crippen LogP contribution is -2.42. The first kappa shape index (κ1) is 14.2. The molecule has 1 aliphatic heterocycles. The van der Waals surface area contributed by atoms with Gasteiger partial charge in [0.05, 0.1) is 12.2 Å². The molecule has 1 N–H and O–H groups in total. The van der Waals surface area contributed by atoms with Gasteiger partial charge in [0.2, 0.25) is 0 Å². The molecule has 1 saturated carbocycles. The molecule has 0 radical (unpaired) electrons. The van der Waals surface area contributed by atoms with E-state index in [9.17, 15) is 5.11 Å². The fraction of sp³-hybridized carbons (Fsp3) is 0.647. The van der Waals surface area contributed by atoms with E-state index in [1.54, 1.807) is 0 Å². The van der Waals surface area contributed by atoms with Gasteiger partial charge < -0.3 is 9.84 Å². The van der Waals surface area contributed by atoms with Crippen LogP contribution in [0.5, 0.6) is 5.75 Å². The van der Waals surface area contributed by atoms with Gasteiger partial charge in [-0.1, -0.05) is 37.8 Å². The molecule has 1 heterocycles. The van der Waals surface area contributed by atoms with E-state index in [1.807, 2.05) is 12.1 Å². The zero-order chi connectivity index (χ0) is 14.2. The van der Waals surface area contributed by atoms with Crippen LogP contribution in [0.4, 0.5) is 0 Å². The normalized spacial score (nSPS) is 29.1. The van der Waals surface area contributed by atoms with Crippen molar-refractivity contribution in [2.45, 2.75) is 57.5 Å². The van der Waals surface area contributed by atoms with E-state index in [-0.39, 0.29) is 0 Å². The summed E-state index contributed by atoms with van der Waals surface area (Å²) in [7, 11) is 0. The predicted molar refractivity (Wildman–Crippen MR) is 81.6 cm³/mol. The number of benzene rings is 1. The lowest BCUT2D eigenvalue weighted by atomic mass is 9.71. The Kier molecular flexibility index (Phi) is 3.96. The van der Waals surface area contributed by atoms with Crippen molar-refractivity contribution in [2.75, 3.05) is 6.61 Å². The third-order valence-electron chi connectivity index (χ3n) is 4.99. The Hall–Kier alpha value is -0.730. The highest BCUT2D eigenvalue weighted by molar-refractivity contribution is 6.30. The summed E-state index contributed by atoms with van der Waals surface area (Å²) >= 11 is 6.22. The second-order valence-electron chi connectivity index (χ2n) is 6.28.